The molecule has 0 aliphatic heterocycles. The second-order valence-electron chi connectivity index (χ2n) is 12.2. The van der Waals surface area contributed by atoms with E-state index in [2.05, 4.69) is 46.4 Å². The molecule has 3 saturated carbocycles. The average molecular weight is 429 g/mol. The fourth-order valence-corrected chi connectivity index (χ4v) is 7.02. The number of allylic oxidation sites excluding steroid dienone is 3. The Morgan fingerprint density at radius 3 is 2.55 bits per heavy atom. The van der Waals surface area contributed by atoms with Crippen LogP contribution in [0.4, 0.5) is 0 Å². The molecule has 31 heavy (non-hydrogen) atoms. The van der Waals surface area contributed by atoms with Gasteiger partial charge in [0.1, 0.15) is 0 Å². The molecular formula is C29H48O2. The highest BCUT2D eigenvalue weighted by Crippen LogP contribution is 2.60. The van der Waals surface area contributed by atoms with Crippen LogP contribution < -0.4 is 0 Å². The second-order valence-corrected chi connectivity index (χ2v) is 12.2. The quantitative estimate of drug-likeness (QED) is 0.468. The molecule has 3 fully saturated rings. The van der Waals surface area contributed by atoms with Crippen LogP contribution in [0.25, 0.3) is 0 Å². The largest absolute Gasteiger partial charge is 0.390 e. The van der Waals surface area contributed by atoms with Crippen molar-refractivity contribution >= 4 is 0 Å². The first-order chi connectivity index (χ1) is 14.4. The highest BCUT2D eigenvalue weighted by atomic mass is 16.3. The van der Waals surface area contributed by atoms with Crippen LogP contribution in [0.1, 0.15) is 99.3 Å². The highest BCUT2D eigenvalue weighted by Gasteiger charge is 2.51. The summed E-state index contributed by atoms with van der Waals surface area (Å²) in [6.45, 7) is 17.6. The Labute approximate surface area is 191 Å². The normalized spacial score (nSPS) is 39.0. The molecule has 7 atom stereocenters. The molecule has 0 aromatic carbocycles. The molecule has 0 radical (unpaired) electrons. The molecule has 0 amide bonds. The van der Waals surface area contributed by atoms with Gasteiger partial charge in [-0.15, -0.1) is 0 Å². The predicted molar refractivity (Wildman–Crippen MR) is 132 cm³/mol. The van der Waals surface area contributed by atoms with Crippen LogP contribution in [0.15, 0.2) is 35.5 Å². The summed E-state index contributed by atoms with van der Waals surface area (Å²) >= 11 is 0. The van der Waals surface area contributed by atoms with E-state index in [4.69, 9.17) is 0 Å². The van der Waals surface area contributed by atoms with Crippen molar-refractivity contribution in [3.63, 3.8) is 0 Å². The van der Waals surface area contributed by atoms with E-state index in [1.807, 2.05) is 13.8 Å². The summed E-state index contributed by atoms with van der Waals surface area (Å²) in [5.41, 5.74) is 3.68. The lowest BCUT2D eigenvalue weighted by Gasteiger charge is -2.45. The van der Waals surface area contributed by atoms with Gasteiger partial charge < -0.3 is 10.2 Å². The van der Waals surface area contributed by atoms with Gasteiger partial charge in [0.2, 0.25) is 0 Å². The second kappa shape index (κ2) is 9.56. The Morgan fingerprint density at radius 1 is 1.16 bits per heavy atom. The van der Waals surface area contributed by atoms with E-state index < -0.39 is 5.60 Å². The standard InChI is InChI=1S/C29H48O2/c1-19(16-18-28(5,6)31)21(3)25-14-15-26-24(9-8-17-29(25,26)7)13-12-23-11-10-20(2)27(30)22(23)4/h12-13,19-21,25-27,30-31H,4,8-11,14-18H2,1-3,5-7H3/b23-12-,24-13+/t19-,20+,21+,25?,26?,27+,29-/m1/s1. The van der Waals surface area contributed by atoms with Crippen LogP contribution in [0, 0.1) is 35.0 Å². The molecule has 0 heterocycles. The molecule has 3 rings (SSSR count). The van der Waals surface area contributed by atoms with E-state index in [0.717, 1.165) is 37.2 Å². The molecule has 0 bridgehead atoms. The molecule has 2 unspecified atom stereocenters. The summed E-state index contributed by atoms with van der Waals surface area (Å²) < 4.78 is 0. The summed E-state index contributed by atoms with van der Waals surface area (Å²) in [7, 11) is 0. The van der Waals surface area contributed by atoms with Crippen molar-refractivity contribution in [1.29, 1.82) is 0 Å². The van der Waals surface area contributed by atoms with Gasteiger partial charge in [-0.3, -0.25) is 0 Å². The van der Waals surface area contributed by atoms with Crippen molar-refractivity contribution in [2.45, 2.75) is 111 Å². The van der Waals surface area contributed by atoms with E-state index in [9.17, 15) is 10.2 Å². The van der Waals surface area contributed by atoms with Gasteiger partial charge in [0.05, 0.1) is 11.7 Å². The molecule has 0 saturated heterocycles. The van der Waals surface area contributed by atoms with Gasteiger partial charge in [0.15, 0.2) is 0 Å². The number of fused-ring (bicyclic) bond motifs is 1. The zero-order valence-corrected chi connectivity index (χ0v) is 21.1. The van der Waals surface area contributed by atoms with Gasteiger partial charge in [0, 0.05) is 0 Å². The third-order valence-corrected chi connectivity index (χ3v) is 9.46. The zero-order chi connectivity index (χ0) is 23.0. The van der Waals surface area contributed by atoms with E-state index >= 15 is 0 Å². The number of aliphatic hydroxyl groups is 2. The van der Waals surface area contributed by atoms with Gasteiger partial charge in [-0.2, -0.15) is 0 Å². The fourth-order valence-electron chi connectivity index (χ4n) is 7.02. The van der Waals surface area contributed by atoms with Crippen LogP contribution in [-0.4, -0.2) is 21.9 Å². The first-order valence-corrected chi connectivity index (χ1v) is 12.9. The Morgan fingerprint density at radius 2 is 1.87 bits per heavy atom. The van der Waals surface area contributed by atoms with E-state index in [1.165, 1.54) is 37.7 Å². The number of hydrogen-bond donors (Lipinski definition) is 2. The maximum Gasteiger partial charge on any atom is 0.0812 e. The van der Waals surface area contributed by atoms with Crippen molar-refractivity contribution in [1.82, 2.24) is 0 Å². The van der Waals surface area contributed by atoms with Crippen LogP contribution in [0.2, 0.25) is 0 Å². The van der Waals surface area contributed by atoms with Crippen molar-refractivity contribution in [3.8, 4) is 0 Å². The molecule has 0 spiro atoms. The lowest BCUT2D eigenvalue weighted by atomic mass is 9.59. The smallest absolute Gasteiger partial charge is 0.0812 e. The SMILES string of the molecule is C=C1/C(=C\C=C2/CCC[C@@]3(C)C2CCC3[C@@H](C)[C@H](C)CCC(C)(C)O)CC[C@H](C)[C@@H]1O. The monoisotopic (exact) mass is 428 g/mol. The number of rotatable bonds is 6. The summed E-state index contributed by atoms with van der Waals surface area (Å²) in [6, 6.07) is 0. The van der Waals surface area contributed by atoms with Crippen LogP contribution in [0.5, 0.6) is 0 Å². The minimum atomic E-state index is -0.557. The highest BCUT2D eigenvalue weighted by molar-refractivity contribution is 5.38. The van der Waals surface area contributed by atoms with Crippen LogP contribution >= 0.6 is 0 Å². The van der Waals surface area contributed by atoms with Gasteiger partial charge in [-0.1, -0.05) is 52.0 Å². The van der Waals surface area contributed by atoms with E-state index in [1.54, 1.807) is 5.57 Å². The van der Waals surface area contributed by atoms with Crippen molar-refractivity contribution in [2.24, 2.45) is 35.0 Å². The Hall–Kier alpha value is -0.860. The molecule has 176 valence electrons. The summed E-state index contributed by atoms with van der Waals surface area (Å²) in [5.74, 6) is 3.15. The topological polar surface area (TPSA) is 40.5 Å². The maximum absolute atomic E-state index is 10.4. The number of hydrogen-bond acceptors (Lipinski definition) is 2. The summed E-state index contributed by atoms with van der Waals surface area (Å²) in [6.07, 6.45) is 15.0. The molecule has 2 N–H and O–H groups in total. The molecular weight excluding hydrogens is 380 g/mol. The first-order valence-electron chi connectivity index (χ1n) is 12.9. The van der Waals surface area contributed by atoms with Crippen LogP contribution in [-0.2, 0) is 0 Å². The Balaban J connectivity index is 1.73. The molecule has 0 aromatic heterocycles. The van der Waals surface area contributed by atoms with Gasteiger partial charge in [-0.25, -0.2) is 0 Å². The minimum absolute atomic E-state index is 0.325. The lowest BCUT2D eigenvalue weighted by Crippen LogP contribution is -2.37. The minimum Gasteiger partial charge on any atom is -0.390 e. The maximum atomic E-state index is 10.4. The van der Waals surface area contributed by atoms with E-state index in [0.29, 0.717) is 29.1 Å². The Bertz CT molecular complexity index is 709. The molecule has 2 nitrogen and oxygen atoms in total. The third-order valence-electron chi connectivity index (χ3n) is 9.46. The van der Waals surface area contributed by atoms with Crippen LogP contribution in [0.3, 0.4) is 0 Å². The first kappa shape index (κ1) is 24.8. The lowest BCUT2D eigenvalue weighted by molar-refractivity contribution is 0.0447. The molecule has 2 heteroatoms. The van der Waals surface area contributed by atoms with Crippen molar-refractivity contribution in [2.75, 3.05) is 0 Å². The molecule has 3 aliphatic rings. The van der Waals surface area contributed by atoms with Gasteiger partial charge in [-0.05, 0) is 118 Å². The Kier molecular flexibility index (Phi) is 7.64. The summed E-state index contributed by atoms with van der Waals surface area (Å²) in [5, 5.41) is 20.6. The van der Waals surface area contributed by atoms with Gasteiger partial charge >= 0.3 is 0 Å². The average Bonchev–Trinajstić information content (AvgIpc) is 3.06. The zero-order valence-electron chi connectivity index (χ0n) is 21.1. The molecule has 0 aromatic rings. The summed E-state index contributed by atoms with van der Waals surface area (Å²) in [4.78, 5) is 0. The fraction of sp³-hybridized carbons (Fsp3) is 0.793. The van der Waals surface area contributed by atoms with Gasteiger partial charge in [0.25, 0.3) is 0 Å². The van der Waals surface area contributed by atoms with Crippen molar-refractivity contribution < 1.29 is 10.2 Å². The number of aliphatic hydroxyl groups excluding tert-OH is 1. The molecule has 3 aliphatic carbocycles. The predicted octanol–water partition coefficient (Wildman–Crippen LogP) is 7.23. The van der Waals surface area contributed by atoms with E-state index in [-0.39, 0.29) is 6.10 Å². The third kappa shape index (κ3) is 5.38. The van der Waals surface area contributed by atoms with Crippen molar-refractivity contribution in [3.05, 3.63) is 35.5 Å².